The summed E-state index contributed by atoms with van der Waals surface area (Å²) in [6.45, 7) is 4.52. The van der Waals surface area contributed by atoms with Crippen LogP contribution in [0.2, 0.25) is 0 Å². The largest absolute Gasteiger partial charge is 0.468 e. The third-order valence-electron chi connectivity index (χ3n) is 4.21. The third kappa shape index (κ3) is 5.92. The molecule has 27 heavy (non-hydrogen) atoms. The van der Waals surface area contributed by atoms with E-state index in [9.17, 15) is 13.2 Å². The van der Waals surface area contributed by atoms with E-state index in [2.05, 4.69) is 10.6 Å². The van der Waals surface area contributed by atoms with Gasteiger partial charge in [-0.05, 0) is 49.7 Å². The van der Waals surface area contributed by atoms with Gasteiger partial charge < -0.3 is 9.73 Å². The first-order valence-corrected chi connectivity index (χ1v) is 10.4. The van der Waals surface area contributed by atoms with E-state index in [0.29, 0.717) is 12.2 Å². The van der Waals surface area contributed by atoms with Crippen molar-refractivity contribution in [3.63, 3.8) is 0 Å². The number of unbranched alkanes of at least 4 members (excludes halogenated alkanes) is 1. The zero-order valence-electron chi connectivity index (χ0n) is 15.9. The maximum atomic E-state index is 12.5. The first-order chi connectivity index (χ1) is 12.8. The van der Waals surface area contributed by atoms with Crippen LogP contribution >= 0.6 is 0 Å². The van der Waals surface area contributed by atoms with Crippen LogP contribution in [0.25, 0.3) is 0 Å². The van der Waals surface area contributed by atoms with Gasteiger partial charge in [-0.25, -0.2) is 12.7 Å². The van der Waals surface area contributed by atoms with Crippen LogP contribution in [0.3, 0.4) is 0 Å². The number of carbonyl (C=O) groups excluding carboxylic acids is 1. The SMILES string of the molecule is CCCCN(C)S(=O)(=O)c1ccc(NC(=O)CN[C@H](C)c2ccco2)cc1. The lowest BCUT2D eigenvalue weighted by Crippen LogP contribution is -2.30. The molecular formula is C19H27N3O4S. The van der Waals surface area contributed by atoms with Crippen molar-refractivity contribution in [1.29, 1.82) is 0 Å². The topological polar surface area (TPSA) is 91.7 Å². The second kappa shape index (κ2) is 9.68. The minimum atomic E-state index is -3.51. The molecule has 0 bridgehead atoms. The van der Waals surface area contributed by atoms with E-state index in [-0.39, 0.29) is 23.4 Å². The molecule has 2 aromatic rings. The predicted octanol–water partition coefficient (Wildman–Crippen LogP) is 2.99. The van der Waals surface area contributed by atoms with Crippen LogP contribution in [0, 0.1) is 0 Å². The number of nitrogens with one attached hydrogen (secondary N) is 2. The van der Waals surface area contributed by atoms with E-state index in [1.165, 1.54) is 16.4 Å². The number of anilines is 1. The zero-order chi connectivity index (χ0) is 19.9. The number of nitrogens with zero attached hydrogens (tertiary/aromatic N) is 1. The number of hydrogen-bond acceptors (Lipinski definition) is 5. The Bertz CT molecular complexity index is 817. The maximum Gasteiger partial charge on any atom is 0.242 e. The molecule has 0 saturated heterocycles. The number of rotatable bonds is 10. The van der Waals surface area contributed by atoms with Gasteiger partial charge in [0, 0.05) is 19.3 Å². The van der Waals surface area contributed by atoms with Gasteiger partial charge in [0.1, 0.15) is 5.76 Å². The molecule has 0 aliphatic heterocycles. The van der Waals surface area contributed by atoms with Crippen molar-refractivity contribution in [3.05, 3.63) is 48.4 Å². The van der Waals surface area contributed by atoms with Crippen molar-refractivity contribution >= 4 is 21.6 Å². The van der Waals surface area contributed by atoms with Crippen molar-refractivity contribution in [3.8, 4) is 0 Å². The molecule has 0 aliphatic carbocycles. The fourth-order valence-corrected chi connectivity index (χ4v) is 3.69. The van der Waals surface area contributed by atoms with Crippen LogP contribution in [0.15, 0.2) is 52.0 Å². The molecule has 2 rings (SSSR count). The predicted molar refractivity (Wildman–Crippen MR) is 105 cm³/mol. The third-order valence-corrected chi connectivity index (χ3v) is 6.08. The Balaban J connectivity index is 1.90. The summed E-state index contributed by atoms with van der Waals surface area (Å²) in [5.41, 5.74) is 0.544. The van der Waals surface area contributed by atoms with Gasteiger partial charge in [-0.3, -0.25) is 10.1 Å². The number of carbonyl (C=O) groups is 1. The number of benzene rings is 1. The Morgan fingerprint density at radius 3 is 2.52 bits per heavy atom. The average Bonchev–Trinajstić information content (AvgIpc) is 3.19. The van der Waals surface area contributed by atoms with E-state index in [4.69, 9.17) is 4.42 Å². The molecule has 148 valence electrons. The second-order valence-corrected chi connectivity index (χ2v) is 8.42. The lowest BCUT2D eigenvalue weighted by molar-refractivity contribution is -0.115. The molecule has 0 radical (unpaired) electrons. The van der Waals surface area contributed by atoms with Gasteiger partial charge in [0.05, 0.1) is 23.7 Å². The van der Waals surface area contributed by atoms with Crippen LogP contribution in [-0.2, 0) is 14.8 Å². The van der Waals surface area contributed by atoms with Crippen LogP contribution in [0.1, 0.15) is 38.5 Å². The first kappa shape index (κ1) is 21.1. The van der Waals surface area contributed by atoms with Crippen LogP contribution in [-0.4, -0.2) is 38.8 Å². The van der Waals surface area contributed by atoms with E-state index in [0.717, 1.165) is 18.6 Å². The maximum absolute atomic E-state index is 12.5. The lowest BCUT2D eigenvalue weighted by atomic mass is 10.2. The molecule has 0 unspecified atom stereocenters. The summed E-state index contributed by atoms with van der Waals surface area (Å²) in [7, 11) is -1.93. The molecule has 0 spiro atoms. The molecule has 1 heterocycles. The average molecular weight is 394 g/mol. The standard InChI is InChI=1S/C19H27N3O4S/c1-4-5-12-22(3)27(24,25)17-10-8-16(9-11-17)21-19(23)14-20-15(2)18-7-6-13-26-18/h6-11,13,15,20H,4-5,12,14H2,1-3H3,(H,21,23)/t15-/m1/s1. The molecule has 0 fully saturated rings. The minimum absolute atomic E-state index is 0.0862. The summed E-state index contributed by atoms with van der Waals surface area (Å²) in [5.74, 6) is 0.536. The molecular weight excluding hydrogens is 366 g/mol. The van der Waals surface area contributed by atoms with Gasteiger partial charge in [-0.1, -0.05) is 13.3 Å². The molecule has 1 amide bonds. The lowest BCUT2D eigenvalue weighted by Gasteiger charge is -2.17. The monoisotopic (exact) mass is 393 g/mol. The summed E-state index contributed by atoms with van der Waals surface area (Å²) >= 11 is 0. The van der Waals surface area contributed by atoms with Crippen molar-refractivity contribution in [2.75, 3.05) is 25.5 Å². The van der Waals surface area contributed by atoms with Crippen LogP contribution < -0.4 is 10.6 Å². The summed E-state index contributed by atoms with van der Waals surface area (Å²) in [6.07, 6.45) is 3.33. The highest BCUT2D eigenvalue weighted by Crippen LogP contribution is 2.18. The van der Waals surface area contributed by atoms with Crippen molar-refractivity contribution in [2.24, 2.45) is 0 Å². The van der Waals surface area contributed by atoms with Crippen LogP contribution in [0.5, 0.6) is 0 Å². The van der Waals surface area contributed by atoms with Crippen molar-refractivity contribution < 1.29 is 17.6 Å². The summed E-state index contributed by atoms with van der Waals surface area (Å²) in [5, 5.41) is 5.81. The molecule has 0 saturated carbocycles. The normalized spacial score (nSPS) is 12.9. The molecule has 1 atom stereocenters. The molecule has 8 heteroatoms. The highest BCUT2D eigenvalue weighted by Gasteiger charge is 2.20. The molecule has 7 nitrogen and oxygen atoms in total. The van der Waals surface area contributed by atoms with Gasteiger partial charge in [0.2, 0.25) is 15.9 Å². The highest BCUT2D eigenvalue weighted by atomic mass is 32.2. The molecule has 1 aromatic heterocycles. The quantitative estimate of drug-likeness (QED) is 0.647. The van der Waals surface area contributed by atoms with Gasteiger partial charge in [0.25, 0.3) is 0 Å². The van der Waals surface area contributed by atoms with Crippen molar-refractivity contribution in [1.82, 2.24) is 9.62 Å². The first-order valence-electron chi connectivity index (χ1n) is 8.97. The van der Waals surface area contributed by atoms with E-state index in [1.54, 1.807) is 31.5 Å². The van der Waals surface area contributed by atoms with Crippen molar-refractivity contribution in [2.45, 2.75) is 37.6 Å². The second-order valence-electron chi connectivity index (χ2n) is 6.37. The molecule has 2 N–H and O–H groups in total. The Labute approximate surface area is 160 Å². The summed E-state index contributed by atoms with van der Waals surface area (Å²) in [4.78, 5) is 12.3. The Kier molecular flexibility index (Phi) is 7.58. The summed E-state index contributed by atoms with van der Waals surface area (Å²) in [6, 6.07) is 9.74. The van der Waals surface area contributed by atoms with Gasteiger partial charge in [0.15, 0.2) is 0 Å². The number of hydrogen-bond donors (Lipinski definition) is 2. The fourth-order valence-electron chi connectivity index (χ4n) is 2.48. The Morgan fingerprint density at radius 1 is 1.22 bits per heavy atom. The highest BCUT2D eigenvalue weighted by molar-refractivity contribution is 7.89. The number of amides is 1. The number of sulfonamides is 1. The van der Waals surface area contributed by atoms with Gasteiger partial charge >= 0.3 is 0 Å². The Morgan fingerprint density at radius 2 is 1.93 bits per heavy atom. The van der Waals surface area contributed by atoms with E-state index in [1.807, 2.05) is 19.9 Å². The zero-order valence-corrected chi connectivity index (χ0v) is 16.8. The van der Waals surface area contributed by atoms with Gasteiger partial charge in [-0.15, -0.1) is 0 Å². The fraction of sp³-hybridized carbons (Fsp3) is 0.421. The number of furan rings is 1. The van der Waals surface area contributed by atoms with Crippen LogP contribution in [0.4, 0.5) is 5.69 Å². The minimum Gasteiger partial charge on any atom is -0.468 e. The van der Waals surface area contributed by atoms with Gasteiger partial charge in [-0.2, -0.15) is 0 Å². The Hall–Kier alpha value is -2.16. The smallest absolute Gasteiger partial charge is 0.242 e. The molecule has 0 aliphatic rings. The van der Waals surface area contributed by atoms with E-state index < -0.39 is 10.0 Å². The summed E-state index contributed by atoms with van der Waals surface area (Å²) < 4.78 is 31.6. The molecule has 1 aromatic carbocycles. The van der Waals surface area contributed by atoms with E-state index >= 15 is 0 Å².